The molecule has 5 rings (SSSR count). The minimum atomic E-state index is -3.16. The van der Waals surface area contributed by atoms with Crippen LogP contribution in [0.4, 0.5) is 0 Å². The van der Waals surface area contributed by atoms with Gasteiger partial charge in [-0.2, -0.15) is 0 Å². The highest BCUT2D eigenvalue weighted by atomic mass is 16.2. The van der Waals surface area contributed by atoms with E-state index in [-0.39, 0.29) is 29.5 Å². The summed E-state index contributed by atoms with van der Waals surface area (Å²) >= 11 is 0. The number of nitrogens with one attached hydrogen (secondary N) is 3. The molecule has 8 unspecified atom stereocenters. The lowest BCUT2D eigenvalue weighted by Gasteiger charge is -2.62. The van der Waals surface area contributed by atoms with Gasteiger partial charge < -0.3 is 25.8 Å². The average Bonchev–Trinajstić information content (AvgIpc) is 3.92. The summed E-state index contributed by atoms with van der Waals surface area (Å²) in [6.45, 7) is 37.2. The van der Waals surface area contributed by atoms with Crippen LogP contribution >= 0.6 is 0 Å². The van der Waals surface area contributed by atoms with Crippen LogP contribution in [0.15, 0.2) is 6.20 Å². The Morgan fingerprint density at radius 3 is 1.96 bits per heavy atom. The van der Waals surface area contributed by atoms with Crippen LogP contribution in [0.2, 0.25) is 0 Å². The van der Waals surface area contributed by atoms with Crippen LogP contribution in [0.1, 0.15) is 218 Å². The number of nitrogens with zero attached hydrogens (tertiary/aromatic N) is 4. The molecule has 2 heterocycles. The van der Waals surface area contributed by atoms with E-state index < -0.39 is 121 Å². The number of hydrogen-bond donors (Lipinski definition) is 3. The monoisotopic (exact) mass is 1010 g/mol. The Kier molecular flexibility index (Phi) is 14.2. The first-order valence-electron chi connectivity index (χ1n) is 29.2. The highest BCUT2D eigenvalue weighted by Gasteiger charge is 2.72. The summed E-state index contributed by atoms with van der Waals surface area (Å²) in [6, 6.07) is -2.23. The summed E-state index contributed by atoms with van der Waals surface area (Å²) < 4.78 is 39.3. The molecule has 1 saturated heterocycles. The molecule has 72 heavy (non-hydrogen) atoms. The molecule has 406 valence electrons. The molecule has 0 aromatic carbocycles. The zero-order chi connectivity index (χ0) is 58.7. The Morgan fingerprint density at radius 2 is 1.47 bits per heavy atom. The number of ketones is 1. The molecule has 3 saturated carbocycles. The molecule has 0 bridgehead atoms. The Morgan fingerprint density at radius 1 is 0.889 bits per heavy atom. The third kappa shape index (κ3) is 8.73. The lowest BCUT2D eigenvalue weighted by Crippen LogP contribution is -2.78. The zero-order valence-electron chi connectivity index (χ0n) is 52.9. The van der Waals surface area contributed by atoms with E-state index in [2.05, 4.69) is 67.5 Å². The molecule has 1 aromatic heterocycles. The molecule has 1 aromatic rings. The van der Waals surface area contributed by atoms with E-state index in [1.807, 2.05) is 41.5 Å². The van der Waals surface area contributed by atoms with Gasteiger partial charge in [-0.15, -0.1) is 0 Å². The van der Waals surface area contributed by atoms with E-state index in [4.69, 9.17) is 0 Å². The molecule has 3 N–H and O–H groups in total. The van der Waals surface area contributed by atoms with E-state index in [0.29, 0.717) is 43.5 Å². The maximum atomic E-state index is 17.3. The number of likely N-dealkylation sites (tertiary alicyclic amines) is 1. The molecule has 3 aliphatic carbocycles. The number of Topliss-reactive ketones (excluding diaryl/α,β-unsaturated/α-hetero) is 1. The van der Waals surface area contributed by atoms with Gasteiger partial charge in [0, 0.05) is 35.4 Å². The number of carbonyl (C=O) groups is 6. The fraction of sp³-hybridized carbons (Fsp3) is 0.831. The van der Waals surface area contributed by atoms with Crippen molar-refractivity contribution in [1.29, 1.82) is 0 Å². The van der Waals surface area contributed by atoms with Gasteiger partial charge in [0.05, 0.1) is 17.6 Å². The average molecular weight is 1010 g/mol. The molecule has 4 aliphatic rings. The van der Waals surface area contributed by atoms with Crippen molar-refractivity contribution in [3.63, 3.8) is 0 Å². The minimum Gasteiger partial charge on any atom is -0.341 e. The van der Waals surface area contributed by atoms with Gasteiger partial charge in [-0.1, -0.05) is 137 Å². The molecule has 5 amide bonds. The summed E-state index contributed by atoms with van der Waals surface area (Å²) in [4.78, 5) is 106. The number of aromatic nitrogens is 2. The maximum Gasteiger partial charge on any atom is 0.292 e. The molecule has 13 heteroatoms. The Hall–Kier alpha value is -3.90. The fourth-order valence-electron chi connectivity index (χ4n) is 14.9. The van der Waals surface area contributed by atoms with Gasteiger partial charge in [0.15, 0.2) is 0 Å². The van der Waals surface area contributed by atoms with Crippen molar-refractivity contribution in [3.05, 3.63) is 23.3 Å². The smallest absolute Gasteiger partial charge is 0.292 e. The first kappa shape index (κ1) is 52.9. The second kappa shape index (κ2) is 19.3. The third-order valence-corrected chi connectivity index (χ3v) is 21.6. The van der Waals surface area contributed by atoms with E-state index in [9.17, 15) is 19.9 Å². The Balaban J connectivity index is 1.86. The van der Waals surface area contributed by atoms with E-state index in [0.717, 1.165) is 12.8 Å². The van der Waals surface area contributed by atoms with Crippen LogP contribution in [-0.4, -0.2) is 96.9 Å². The van der Waals surface area contributed by atoms with E-state index >= 15 is 14.4 Å². The summed E-state index contributed by atoms with van der Waals surface area (Å²) in [5, 5.41) is 9.44. The highest BCUT2D eigenvalue weighted by molar-refractivity contribution is 6.40. The van der Waals surface area contributed by atoms with Gasteiger partial charge in [-0.25, -0.2) is 4.98 Å². The molecule has 14 atom stereocenters. The van der Waals surface area contributed by atoms with Gasteiger partial charge in [-0.3, -0.25) is 33.8 Å². The Bertz CT molecular complexity index is 2430. The summed E-state index contributed by atoms with van der Waals surface area (Å²) in [5.74, 6) is -7.61. The molecule has 0 radical (unpaired) electrons. The number of fused-ring (bicyclic) bond motifs is 1. The van der Waals surface area contributed by atoms with Gasteiger partial charge in [-0.05, 0) is 124 Å². The topological polar surface area (TPSA) is 171 Å². The maximum absolute atomic E-state index is 17.3. The number of aryl methyl sites for hydroxylation is 2. The first-order chi connectivity index (χ1) is 34.2. The van der Waals surface area contributed by atoms with Crippen LogP contribution in [0.3, 0.4) is 0 Å². The number of hydrogen-bond acceptors (Lipinski definition) is 8. The van der Waals surface area contributed by atoms with Crippen LogP contribution in [0.25, 0.3) is 0 Å². The van der Waals surface area contributed by atoms with Crippen molar-refractivity contribution in [2.45, 2.75) is 239 Å². The van der Waals surface area contributed by atoms with Crippen molar-refractivity contribution < 1.29 is 34.3 Å². The molecular weight excluding hydrogens is 903 g/mol. The predicted octanol–water partition coefficient (Wildman–Crippen LogP) is 10.1. The quantitative estimate of drug-likeness (QED) is 0.137. The SMILES string of the molecule is [2H]C([2H])([2H])C(C([2H])(C)C)(C(C)(C)C)[C@](C)(NC(=O)[C@@](C)(NC(=O)c1cnc(C)c(C)n1)C1(C)C(C)CCCC1(C)C)C(=O)N1C(C)[C@@]2(C)[C@H](CC(C)C2(C)C)[C@H]1C(=O)N[C@](C)(C(=O)C(=O)N(C)C1CC1C)C(C)CCC. The second-order valence-electron chi connectivity index (χ2n) is 27.0. The highest BCUT2D eigenvalue weighted by Crippen LogP contribution is 2.67. The van der Waals surface area contributed by atoms with Crippen molar-refractivity contribution >= 4 is 35.3 Å². The van der Waals surface area contributed by atoms with Crippen molar-refractivity contribution in [3.8, 4) is 0 Å². The predicted molar refractivity (Wildman–Crippen MR) is 286 cm³/mol. The van der Waals surface area contributed by atoms with Crippen LogP contribution in [-0.2, 0) is 24.0 Å². The van der Waals surface area contributed by atoms with Crippen LogP contribution in [0, 0.1) is 81.8 Å². The van der Waals surface area contributed by atoms with Gasteiger partial charge in [0.1, 0.15) is 28.4 Å². The normalized spacial score (nSPS) is 33.6. The molecule has 4 fully saturated rings. The van der Waals surface area contributed by atoms with E-state index in [1.54, 1.807) is 55.5 Å². The van der Waals surface area contributed by atoms with Gasteiger partial charge >= 0.3 is 0 Å². The largest absolute Gasteiger partial charge is 0.341 e. The van der Waals surface area contributed by atoms with Gasteiger partial charge in [0.2, 0.25) is 23.5 Å². The molecular formula is C59H99N7O6. The third-order valence-electron chi connectivity index (χ3n) is 21.6. The second-order valence-corrected chi connectivity index (χ2v) is 27.0. The van der Waals surface area contributed by atoms with Crippen molar-refractivity contribution in [1.82, 2.24) is 35.7 Å². The van der Waals surface area contributed by atoms with Crippen molar-refractivity contribution in [2.75, 3.05) is 7.05 Å². The van der Waals surface area contributed by atoms with Crippen LogP contribution < -0.4 is 16.0 Å². The zero-order valence-corrected chi connectivity index (χ0v) is 48.9. The molecule has 13 nitrogen and oxygen atoms in total. The van der Waals surface area contributed by atoms with Crippen molar-refractivity contribution in [2.24, 2.45) is 68.0 Å². The fourth-order valence-corrected chi connectivity index (χ4v) is 14.9. The lowest BCUT2D eigenvalue weighted by molar-refractivity contribution is -0.168. The summed E-state index contributed by atoms with van der Waals surface area (Å²) in [5.41, 5.74) is -12.0. The molecule has 1 aliphatic heterocycles. The van der Waals surface area contributed by atoms with E-state index in [1.165, 1.54) is 36.8 Å². The standard InChI is InChI=1S/C59H99N7O6/c1-25-27-35(5)55(19,45(67)48(70)65(24)43-30-34(43)4)62-47(69)44-41-31-37(7)53(16,17)54(41,18)40(10)66(44)50(72)59(23,56(20,33(2)3)51(11,12)13)64-49(71)58(22,57(21)36(6)28-26-29-52(57,14)15)63-46(68)42-32-60-38(8)39(9)61-42/h32-37,40-41,43-44H,25-31H2,1-24H3,(H,62,69)(H,63,68)(H,64,71)/t34?,35?,36?,37?,40?,41-,43?,44+,54+,55+,56?,57?,58-,59-/m1/s1/i20D3,33D. The summed E-state index contributed by atoms with van der Waals surface area (Å²) in [6.07, 6.45) is 5.98. The number of likely N-dealkylation sites (N-methyl/N-ethyl adjacent to an activating group) is 1. The minimum absolute atomic E-state index is 0.0322. The summed E-state index contributed by atoms with van der Waals surface area (Å²) in [7, 11) is 1.62. The van der Waals surface area contributed by atoms with Crippen LogP contribution in [0.5, 0.6) is 0 Å². The molecule has 0 spiro atoms. The Labute approximate surface area is 441 Å². The number of carbonyl (C=O) groups excluding carboxylic acids is 6. The first-order valence-corrected chi connectivity index (χ1v) is 27.2. The number of rotatable bonds is 16. The number of amides is 5. The lowest BCUT2D eigenvalue weighted by atomic mass is 9.46. The van der Waals surface area contributed by atoms with Gasteiger partial charge in [0.25, 0.3) is 11.8 Å².